The number of carbonyl (C=O) groups is 1. The van der Waals surface area contributed by atoms with Gasteiger partial charge in [0.1, 0.15) is 5.82 Å². The van der Waals surface area contributed by atoms with Crippen molar-refractivity contribution >= 4 is 24.4 Å². The van der Waals surface area contributed by atoms with E-state index in [1.54, 1.807) is 0 Å². The minimum atomic E-state index is -0.662. The molecule has 2 fully saturated rings. The van der Waals surface area contributed by atoms with Crippen LogP contribution in [0.3, 0.4) is 0 Å². The second-order valence-corrected chi connectivity index (χ2v) is 7.29. The van der Waals surface area contributed by atoms with E-state index in [-0.39, 0.29) is 5.69 Å². The summed E-state index contributed by atoms with van der Waals surface area (Å²) in [6.07, 6.45) is 0. The Morgan fingerprint density at radius 2 is 1.76 bits per heavy atom. The van der Waals surface area contributed by atoms with Gasteiger partial charge in [0.15, 0.2) is 5.69 Å². The molecule has 7 nitrogen and oxygen atoms in total. The molecule has 0 amide bonds. The van der Waals surface area contributed by atoms with Crippen molar-refractivity contribution in [2.75, 3.05) is 38.3 Å². The minimum absolute atomic E-state index is 0.227. The average Bonchev–Trinajstić information content (AvgIpc) is 2.82. The van der Waals surface area contributed by atoms with Crippen LogP contribution in [0.15, 0.2) is 12.1 Å². The topological polar surface area (TPSA) is 70.1 Å². The molecule has 0 bridgehead atoms. The maximum Gasteiger partial charge on any atom is 0.497 e. The zero-order chi connectivity index (χ0) is 18.2. The van der Waals surface area contributed by atoms with Crippen molar-refractivity contribution in [3.8, 4) is 0 Å². The van der Waals surface area contributed by atoms with Crippen LogP contribution in [0.1, 0.15) is 38.2 Å². The van der Waals surface area contributed by atoms with Crippen LogP contribution in [0.2, 0.25) is 0 Å². The molecule has 3 heterocycles. The van der Waals surface area contributed by atoms with Crippen LogP contribution in [-0.4, -0.2) is 62.7 Å². The number of morpholine rings is 1. The molecule has 1 aromatic heterocycles. The molecule has 8 heteroatoms. The lowest BCUT2D eigenvalue weighted by Gasteiger charge is -2.32. The monoisotopic (exact) mass is 348 g/mol. The molecule has 0 N–H and O–H groups in total. The number of hydrogen-bond acceptors (Lipinski definition) is 7. The molecule has 0 radical (unpaired) electrons. The third-order valence-electron chi connectivity index (χ3n) is 5.13. The Kier molecular flexibility index (Phi) is 4.79. The van der Waals surface area contributed by atoms with Gasteiger partial charge in [0.2, 0.25) is 0 Å². The normalized spacial score (nSPS) is 22.1. The van der Waals surface area contributed by atoms with Gasteiger partial charge in [-0.05, 0) is 33.8 Å². The summed E-state index contributed by atoms with van der Waals surface area (Å²) in [6.45, 7) is 10.7. The Balaban J connectivity index is 1.95. The van der Waals surface area contributed by atoms with E-state index in [0.29, 0.717) is 18.7 Å². The van der Waals surface area contributed by atoms with Crippen molar-refractivity contribution in [2.45, 2.75) is 38.9 Å². The van der Waals surface area contributed by atoms with Crippen LogP contribution >= 0.6 is 0 Å². The highest BCUT2D eigenvalue weighted by Crippen LogP contribution is 2.36. The number of ether oxygens (including phenoxy) is 2. The van der Waals surface area contributed by atoms with Gasteiger partial charge in [-0.3, -0.25) is 0 Å². The van der Waals surface area contributed by atoms with E-state index < -0.39 is 24.3 Å². The van der Waals surface area contributed by atoms with E-state index in [0.717, 1.165) is 18.9 Å². The first-order valence-corrected chi connectivity index (χ1v) is 8.53. The van der Waals surface area contributed by atoms with Gasteiger partial charge < -0.3 is 23.7 Å². The summed E-state index contributed by atoms with van der Waals surface area (Å²) in [5, 5.41) is 0. The number of anilines is 1. The smallest absolute Gasteiger partial charge is 0.464 e. The molecule has 0 spiro atoms. The first-order chi connectivity index (χ1) is 11.7. The maximum atomic E-state index is 12.3. The molecular weight excluding hydrogens is 323 g/mol. The number of hydrogen-bond donors (Lipinski definition) is 0. The van der Waals surface area contributed by atoms with Crippen molar-refractivity contribution < 1.29 is 23.6 Å². The number of nitrogens with zero attached hydrogens (tertiary/aromatic N) is 2. The van der Waals surface area contributed by atoms with E-state index >= 15 is 0 Å². The van der Waals surface area contributed by atoms with Crippen molar-refractivity contribution in [3.63, 3.8) is 0 Å². The zero-order valence-electron chi connectivity index (χ0n) is 15.5. The molecule has 3 rings (SSSR count). The Morgan fingerprint density at radius 3 is 2.32 bits per heavy atom. The van der Waals surface area contributed by atoms with Crippen LogP contribution in [0.25, 0.3) is 0 Å². The fourth-order valence-electron chi connectivity index (χ4n) is 2.85. The largest absolute Gasteiger partial charge is 0.497 e. The molecule has 0 aromatic carbocycles. The van der Waals surface area contributed by atoms with Crippen molar-refractivity contribution in [3.05, 3.63) is 17.8 Å². The highest BCUT2D eigenvalue weighted by Gasteiger charge is 2.52. The number of carbonyl (C=O) groups excluding carboxylic acids is 1. The van der Waals surface area contributed by atoms with Crippen LogP contribution in [-0.2, 0) is 18.8 Å². The summed E-state index contributed by atoms with van der Waals surface area (Å²) in [5.74, 6) is 0.226. The third kappa shape index (κ3) is 3.38. The van der Waals surface area contributed by atoms with Gasteiger partial charge >= 0.3 is 13.1 Å². The van der Waals surface area contributed by atoms with Gasteiger partial charge in [-0.15, -0.1) is 0 Å². The van der Waals surface area contributed by atoms with Gasteiger partial charge in [-0.25, -0.2) is 9.78 Å². The summed E-state index contributed by atoms with van der Waals surface area (Å²) < 4.78 is 22.4. The Hall–Kier alpha value is -1.64. The summed E-state index contributed by atoms with van der Waals surface area (Å²) in [6, 6.07) is 3.73. The Labute approximate surface area is 148 Å². The first-order valence-electron chi connectivity index (χ1n) is 8.53. The summed E-state index contributed by atoms with van der Waals surface area (Å²) in [7, 11) is 0.685. The van der Waals surface area contributed by atoms with Gasteiger partial charge in [0.05, 0.1) is 31.5 Å². The number of aromatic nitrogens is 1. The molecule has 0 saturated carbocycles. The Bertz CT molecular complexity index is 642. The average molecular weight is 348 g/mol. The molecule has 0 atom stereocenters. The van der Waals surface area contributed by atoms with Gasteiger partial charge in [-0.1, -0.05) is 6.07 Å². The van der Waals surface area contributed by atoms with E-state index in [1.165, 1.54) is 7.11 Å². The van der Waals surface area contributed by atoms with E-state index in [1.807, 2.05) is 39.8 Å². The van der Waals surface area contributed by atoms with E-state index in [9.17, 15) is 4.79 Å². The minimum Gasteiger partial charge on any atom is -0.464 e. The predicted molar refractivity (Wildman–Crippen MR) is 94.3 cm³/mol. The molecule has 136 valence electrons. The third-order valence-corrected chi connectivity index (χ3v) is 5.13. The van der Waals surface area contributed by atoms with Crippen LogP contribution in [0, 0.1) is 0 Å². The van der Waals surface area contributed by atoms with Crippen LogP contribution in [0.5, 0.6) is 0 Å². The predicted octanol–water partition coefficient (Wildman–Crippen LogP) is 1.00. The quantitative estimate of drug-likeness (QED) is 0.596. The fourth-order valence-corrected chi connectivity index (χ4v) is 2.85. The fraction of sp³-hybridized carbons (Fsp3) is 0.647. The number of esters is 1. The zero-order valence-corrected chi connectivity index (χ0v) is 15.5. The lowest BCUT2D eigenvalue weighted by molar-refractivity contribution is 0.00578. The second kappa shape index (κ2) is 6.59. The summed E-state index contributed by atoms with van der Waals surface area (Å²) >= 11 is 0. The number of methoxy groups -OCH3 is 1. The molecule has 25 heavy (non-hydrogen) atoms. The highest BCUT2D eigenvalue weighted by molar-refractivity contribution is 6.63. The molecule has 2 aliphatic heterocycles. The first kappa shape index (κ1) is 18.2. The SMILES string of the molecule is COC(=O)c1nc(N2CCOCC2)ccc1B1OC(C)(C)C(C)(C)O1. The molecular formula is C17H25BN2O5. The lowest BCUT2D eigenvalue weighted by atomic mass is 9.77. The molecule has 0 aliphatic carbocycles. The standard InChI is InChI=1S/C17H25BN2O5/c1-16(2)17(3,4)25-18(24-16)12-6-7-13(19-14(12)15(21)22-5)20-8-10-23-11-9-20/h6-7H,8-11H2,1-5H3. The van der Waals surface area contributed by atoms with E-state index in [4.69, 9.17) is 18.8 Å². The van der Waals surface area contributed by atoms with Gasteiger partial charge in [0.25, 0.3) is 0 Å². The van der Waals surface area contributed by atoms with Gasteiger partial charge in [-0.2, -0.15) is 0 Å². The van der Waals surface area contributed by atoms with Crippen LogP contribution in [0.4, 0.5) is 5.82 Å². The van der Waals surface area contributed by atoms with E-state index in [2.05, 4.69) is 9.88 Å². The molecule has 1 aromatic rings. The van der Waals surface area contributed by atoms with Crippen LogP contribution < -0.4 is 10.4 Å². The number of pyridine rings is 1. The molecule has 2 aliphatic rings. The van der Waals surface area contributed by atoms with Crippen molar-refractivity contribution in [2.24, 2.45) is 0 Å². The maximum absolute atomic E-state index is 12.3. The van der Waals surface area contributed by atoms with Crippen molar-refractivity contribution in [1.82, 2.24) is 4.98 Å². The van der Waals surface area contributed by atoms with Gasteiger partial charge in [0, 0.05) is 18.6 Å². The number of rotatable bonds is 3. The summed E-state index contributed by atoms with van der Waals surface area (Å²) in [4.78, 5) is 18.9. The van der Waals surface area contributed by atoms with Crippen molar-refractivity contribution in [1.29, 1.82) is 0 Å². The molecule has 2 saturated heterocycles. The highest BCUT2D eigenvalue weighted by atomic mass is 16.7. The molecule has 0 unspecified atom stereocenters. The second-order valence-electron chi connectivity index (χ2n) is 7.29. The lowest BCUT2D eigenvalue weighted by Crippen LogP contribution is -2.41. The Morgan fingerprint density at radius 1 is 1.16 bits per heavy atom. The summed E-state index contributed by atoms with van der Waals surface area (Å²) in [5.41, 5.74) is -0.172.